The molecule has 0 aliphatic rings. The first-order chi connectivity index (χ1) is 9.11. The summed E-state index contributed by atoms with van der Waals surface area (Å²) in [6.07, 6.45) is 1.98. The first-order valence-electron chi connectivity index (χ1n) is 6.12. The van der Waals surface area contributed by atoms with Crippen LogP contribution >= 0.6 is 22.6 Å². The van der Waals surface area contributed by atoms with Gasteiger partial charge in [0.1, 0.15) is 11.6 Å². The number of aromatic nitrogens is 2. The summed E-state index contributed by atoms with van der Waals surface area (Å²) in [6.45, 7) is 2.04. The molecule has 19 heavy (non-hydrogen) atoms. The van der Waals surface area contributed by atoms with Gasteiger partial charge in [0.05, 0.1) is 9.26 Å². The van der Waals surface area contributed by atoms with Gasteiger partial charge in [0, 0.05) is 6.42 Å². The van der Waals surface area contributed by atoms with E-state index in [9.17, 15) is 9.18 Å². The summed E-state index contributed by atoms with van der Waals surface area (Å²) in [6, 6.07) is 6.53. The molecule has 0 aliphatic carbocycles. The van der Waals surface area contributed by atoms with Crippen LogP contribution in [0.4, 0.5) is 4.39 Å². The molecule has 1 aromatic carbocycles. The van der Waals surface area contributed by atoms with Gasteiger partial charge in [-0.25, -0.2) is 9.37 Å². The molecular formula is C14H14FIN2O. The first kappa shape index (κ1) is 14.2. The fourth-order valence-corrected chi connectivity index (χ4v) is 2.39. The number of halogens is 2. The zero-order valence-corrected chi connectivity index (χ0v) is 12.7. The molecule has 0 fully saturated rings. The van der Waals surface area contributed by atoms with Crippen LogP contribution in [-0.4, -0.2) is 9.97 Å². The lowest BCUT2D eigenvalue weighted by Gasteiger charge is -2.06. The molecule has 0 aliphatic heterocycles. The van der Waals surface area contributed by atoms with E-state index in [-0.39, 0.29) is 11.4 Å². The fourth-order valence-electron chi connectivity index (χ4n) is 1.87. The molecule has 1 aromatic heterocycles. The van der Waals surface area contributed by atoms with Gasteiger partial charge in [-0.05, 0) is 40.6 Å². The average molecular weight is 372 g/mol. The molecule has 0 spiro atoms. The van der Waals surface area contributed by atoms with E-state index in [1.165, 1.54) is 6.07 Å². The van der Waals surface area contributed by atoms with Crippen molar-refractivity contribution in [2.45, 2.75) is 26.2 Å². The van der Waals surface area contributed by atoms with Crippen LogP contribution in [0.3, 0.4) is 0 Å². The second kappa shape index (κ2) is 6.27. The molecule has 0 bridgehead atoms. The Morgan fingerprint density at radius 2 is 2.11 bits per heavy atom. The largest absolute Gasteiger partial charge is 0.309 e. The van der Waals surface area contributed by atoms with E-state index in [0.717, 1.165) is 18.5 Å². The third-order valence-corrected chi connectivity index (χ3v) is 3.90. The van der Waals surface area contributed by atoms with Crippen LogP contribution < -0.4 is 5.56 Å². The molecule has 0 atom stereocenters. The maximum atomic E-state index is 13.6. The van der Waals surface area contributed by atoms with E-state index in [4.69, 9.17) is 0 Å². The van der Waals surface area contributed by atoms with E-state index in [0.29, 0.717) is 21.4 Å². The van der Waals surface area contributed by atoms with E-state index in [1.54, 1.807) is 18.2 Å². The molecule has 0 amide bonds. The van der Waals surface area contributed by atoms with Crippen LogP contribution in [0.25, 0.3) is 0 Å². The van der Waals surface area contributed by atoms with Crippen LogP contribution in [0.2, 0.25) is 0 Å². The summed E-state index contributed by atoms with van der Waals surface area (Å²) in [7, 11) is 0. The van der Waals surface area contributed by atoms with Crippen LogP contribution in [0.1, 0.15) is 30.4 Å². The number of benzene rings is 1. The first-order valence-corrected chi connectivity index (χ1v) is 7.20. The van der Waals surface area contributed by atoms with Gasteiger partial charge in [-0.15, -0.1) is 0 Å². The molecular weight excluding hydrogens is 358 g/mol. The lowest BCUT2D eigenvalue weighted by atomic mass is 10.1. The van der Waals surface area contributed by atoms with Crippen molar-refractivity contribution in [3.8, 4) is 0 Å². The van der Waals surface area contributed by atoms with Gasteiger partial charge in [-0.3, -0.25) is 4.79 Å². The van der Waals surface area contributed by atoms with Gasteiger partial charge in [-0.2, -0.15) is 0 Å². The molecule has 1 heterocycles. The van der Waals surface area contributed by atoms with E-state index < -0.39 is 0 Å². The van der Waals surface area contributed by atoms with Crippen molar-refractivity contribution in [1.29, 1.82) is 0 Å². The lowest BCUT2D eigenvalue weighted by Crippen LogP contribution is -2.18. The quantitative estimate of drug-likeness (QED) is 0.839. The average Bonchev–Trinajstić information content (AvgIpc) is 2.38. The van der Waals surface area contributed by atoms with Crippen molar-refractivity contribution in [3.63, 3.8) is 0 Å². The van der Waals surface area contributed by atoms with Crippen LogP contribution in [0.15, 0.2) is 29.1 Å². The SMILES string of the molecule is CCCc1nc(Cc2ccccc2F)[nH]c(=O)c1I. The monoisotopic (exact) mass is 372 g/mol. The predicted octanol–water partition coefficient (Wildman–Crippen LogP) is 3.06. The normalized spacial score (nSPS) is 10.7. The van der Waals surface area contributed by atoms with Crippen molar-refractivity contribution < 1.29 is 4.39 Å². The summed E-state index contributed by atoms with van der Waals surface area (Å²) in [5, 5.41) is 0. The smallest absolute Gasteiger partial charge is 0.264 e. The maximum Gasteiger partial charge on any atom is 0.264 e. The van der Waals surface area contributed by atoms with Gasteiger partial charge < -0.3 is 4.98 Å². The number of aromatic amines is 1. The number of hydrogen-bond acceptors (Lipinski definition) is 2. The zero-order chi connectivity index (χ0) is 13.8. The molecule has 100 valence electrons. The summed E-state index contributed by atoms with van der Waals surface area (Å²) >= 11 is 2.00. The molecule has 0 saturated heterocycles. The number of nitrogens with zero attached hydrogens (tertiary/aromatic N) is 1. The highest BCUT2D eigenvalue weighted by molar-refractivity contribution is 14.1. The van der Waals surface area contributed by atoms with Gasteiger partial charge in [0.2, 0.25) is 0 Å². The Hall–Kier alpha value is -1.24. The second-order valence-electron chi connectivity index (χ2n) is 4.29. The Labute approximate surface area is 124 Å². The molecule has 0 unspecified atom stereocenters. The minimum atomic E-state index is -0.277. The lowest BCUT2D eigenvalue weighted by molar-refractivity contribution is 0.611. The Morgan fingerprint density at radius 3 is 2.79 bits per heavy atom. The van der Waals surface area contributed by atoms with Crippen LogP contribution in [-0.2, 0) is 12.8 Å². The Kier molecular flexibility index (Phi) is 4.68. The highest BCUT2D eigenvalue weighted by atomic mass is 127. The van der Waals surface area contributed by atoms with E-state index in [1.807, 2.05) is 29.5 Å². The van der Waals surface area contributed by atoms with E-state index >= 15 is 0 Å². The van der Waals surface area contributed by atoms with Crippen molar-refractivity contribution in [2.75, 3.05) is 0 Å². The Morgan fingerprint density at radius 1 is 1.37 bits per heavy atom. The minimum absolute atomic E-state index is 0.148. The highest BCUT2D eigenvalue weighted by Gasteiger charge is 2.10. The van der Waals surface area contributed by atoms with Crippen molar-refractivity contribution in [1.82, 2.24) is 9.97 Å². The summed E-state index contributed by atoms with van der Waals surface area (Å²) in [5.41, 5.74) is 1.18. The molecule has 2 aromatic rings. The maximum absolute atomic E-state index is 13.6. The molecule has 3 nitrogen and oxygen atoms in total. The predicted molar refractivity (Wildman–Crippen MR) is 80.8 cm³/mol. The molecule has 2 rings (SSSR count). The third kappa shape index (κ3) is 3.40. The zero-order valence-electron chi connectivity index (χ0n) is 10.5. The summed E-state index contributed by atoms with van der Waals surface area (Å²) < 4.78 is 14.2. The molecule has 0 radical (unpaired) electrons. The number of rotatable bonds is 4. The van der Waals surface area contributed by atoms with Gasteiger partial charge in [0.15, 0.2) is 0 Å². The third-order valence-electron chi connectivity index (χ3n) is 2.78. The Balaban J connectivity index is 2.36. The highest BCUT2D eigenvalue weighted by Crippen LogP contribution is 2.12. The van der Waals surface area contributed by atoms with E-state index in [2.05, 4.69) is 9.97 Å². The standard InChI is InChI=1S/C14H14FIN2O/c1-2-5-11-13(16)14(19)18-12(17-11)8-9-6-3-4-7-10(9)15/h3-4,6-7H,2,5,8H2,1H3,(H,17,18,19). The molecule has 0 saturated carbocycles. The van der Waals surface area contributed by atoms with Crippen LogP contribution in [0.5, 0.6) is 0 Å². The van der Waals surface area contributed by atoms with Crippen molar-refractivity contribution >= 4 is 22.6 Å². The summed E-state index contributed by atoms with van der Waals surface area (Å²) in [4.78, 5) is 19.0. The van der Waals surface area contributed by atoms with Gasteiger partial charge in [0.25, 0.3) is 5.56 Å². The van der Waals surface area contributed by atoms with Gasteiger partial charge in [-0.1, -0.05) is 31.5 Å². The van der Waals surface area contributed by atoms with Crippen molar-refractivity contribution in [3.05, 3.63) is 61.1 Å². The van der Waals surface area contributed by atoms with Crippen molar-refractivity contribution in [2.24, 2.45) is 0 Å². The van der Waals surface area contributed by atoms with Gasteiger partial charge >= 0.3 is 0 Å². The molecule has 5 heteroatoms. The molecule has 1 N–H and O–H groups in total. The second-order valence-corrected chi connectivity index (χ2v) is 5.37. The number of H-pyrrole nitrogens is 1. The summed E-state index contributed by atoms with van der Waals surface area (Å²) in [5.74, 6) is 0.236. The fraction of sp³-hybridized carbons (Fsp3) is 0.286. The number of hydrogen-bond donors (Lipinski definition) is 1. The van der Waals surface area contributed by atoms with Crippen LogP contribution in [0, 0.1) is 9.39 Å². The minimum Gasteiger partial charge on any atom is -0.309 e. The topological polar surface area (TPSA) is 45.8 Å². The number of nitrogens with one attached hydrogen (secondary N) is 1. The Bertz CT molecular complexity index is 640. The number of aryl methyl sites for hydroxylation is 1.